The molecule has 5 heteroatoms. The topological polar surface area (TPSA) is 47.9 Å². The van der Waals surface area contributed by atoms with Crippen LogP contribution < -0.4 is 9.47 Å². The monoisotopic (exact) mass is 265 g/mol. The van der Waals surface area contributed by atoms with Gasteiger partial charge in [0.05, 0.1) is 13.7 Å². The van der Waals surface area contributed by atoms with Crippen LogP contribution in [0.25, 0.3) is 0 Å². The number of hydrogen-bond donors (Lipinski definition) is 0. The number of ether oxygens (including phenoxy) is 2. The predicted molar refractivity (Wildman–Crippen MR) is 71.2 cm³/mol. The Hall–Kier alpha value is -1.45. The molecule has 0 N–H and O–H groups in total. The average Bonchev–Trinajstić information content (AvgIpc) is 2.90. The third kappa shape index (κ3) is 3.06. The SMILES string of the molecule is COc1cccc(CN=C=O)c1OC1CCSC1. The first-order valence-corrected chi connectivity index (χ1v) is 6.94. The molecule has 0 bridgehead atoms. The van der Waals surface area contributed by atoms with Gasteiger partial charge in [-0.2, -0.15) is 11.8 Å². The molecule has 1 atom stereocenters. The smallest absolute Gasteiger partial charge is 0.235 e. The van der Waals surface area contributed by atoms with Crippen molar-refractivity contribution in [2.75, 3.05) is 18.6 Å². The maximum absolute atomic E-state index is 10.2. The zero-order chi connectivity index (χ0) is 12.8. The van der Waals surface area contributed by atoms with Crippen molar-refractivity contribution in [3.8, 4) is 11.5 Å². The number of para-hydroxylation sites is 1. The summed E-state index contributed by atoms with van der Waals surface area (Å²) in [7, 11) is 1.61. The lowest BCUT2D eigenvalue weighted by Crippen LogP contribution is -2.16. The van der Waals surface area contributed by atoms with Gasteiger partial charge in [0.15, 0.2) is 11.5 Å². The fourth-order valence-corrected chi connectivity index (χ4v) is 2.96. The van der Waals surface area contributed by atoms with Gasteiger partial charge < -0.3 is 9.47 Å². The highest BCUT2D eigenvalue weighted by molar-refractivity contribution is 7.99. The lowest BCUT2D eigenvalue weighted by molar-refractivity contribution is 0.216. The van der Waals surface area contributed by atoms with Crippen LogP contribution in [0.15, 0.2) is 23.2 Å². The van der Waals surface area contributed by atoms with Gasteiger partial charge in [-0.15, -0.1) is 0 Å². The zero-order valence-electron chi connectivity index (χ0n) is 10.2. The largest absolute Gasteiger partial charge is 0.493 e. The number of rotatable bonds is 5. The molecule has 0 spiro atoms. The summed E-state index contributed by atoms with van der Waals surface area (Å²) in [5.41, 5.74) is 0.856. The quantitative estimate of drug-likeness (QED) is 0.606. The minimum Gasteiger partial charge on any atom is -0.493 e. The average molecular weight is 265 g/mol. The molecule has 0 aliphatic carbocycles. The number of nitrogens with zero attached hydrogens (tertiary/aromatic N) is 1. The van der Waals surface area contributed by atoms with Crippen molar-refractivity contribution in [3.05, 3.63) is 23.8 Å². The van der Waals surface area contributed by atoms with Crippen LogP contribution in [-0.2, 0) is 11.3 Å². The van der Waals surface area contributed by atoms with Crippen molar-refractivity contribution in [2.45, 2.75) is 19.1 Å². The van der Waals surface area contributed by atoms with Crippen LogP contribution in [0.3, 0.4) is 0 Å². The highest BCUT2D eigenvalue weighted by Gasteiger charge is 2.20. The summed E-state index contributed by atoms with van der Waals surface area (Å²) in [6.45, 7) is 0.274. The number of isocyanates is 1. The number of carbonyl (C=O) groups excluding carboxylic acids is 1. The minimum absolute atomic E-state index is 0.213. The van der Waals surface area contributed by atoms with Gasteiger partial charge >= 0.3 is 0 Å². The fraction of sp³-hybridized carbons (Fsp3) is 0.462. The Morgan fingerprint density at radius 2 is 2.44 bits per heavy atom. The first-order chi connectivity index (χ1) is 8.85. The lowest BCUT2D eigenvalue weighted by Gasteiger charge is -2.17. The van der Waals surface area contributed by atoms with Gasteiger partial charge in [0.2, 0.25) is 6.08 Å². The first kappa shape index (κ1) is 13.0. The Bertz CT molecular complexity index is 452. The third-order valence-electron chi connectivity index (χ3n) is 2.77. The number of thioether (sulfide) groups is 1. The van der Waals surface area contributed by atoms with E-state index < -0.39 is 0 Å². The highest BCUT2D eigenvalue weighted by Crippen LogP contribution is 2.34. The van der Waals surface area contributed by atoms with Gasteiger partial charge in [-0.05, 0) is 18.2 Å². The number of hydrogen-bond acceptors (Lipinski definition) is 5. The molecular weight excluding hydrogens is 250 g/mol. The van der Waals surface area contributed by atoms with E-state index in [0.29, 0.717) is 11.5 Å². The number of aliphatic imine (C=N–C) groups is 1. The molecule has 1 fully saturated rings. The molecule has 0 saturated carbocycles. The van der Waals surface area contributed by atoms with Gasteiger partial charge in [0, 0.05) is 11.3 Å². The fourth-order valence-electron chi connectivity index (χ4n) is 1.87. The molecule has 0 aromatic heterocycles. The summed E-state index contributed by atoms with van der Waals surface area (Å²) in [6, 6.07) is 5.61. The maximum atomic E-state index is 10.2. The van der Waals surface area contributed by atoms with Crippen molar-refractivity contribution < 1.29 is 14.3 Å². The number of benzene rings is 1. The molecule has 1 aromatic rings. The van der Waals surface area contributed by atoms with E-state index in [2.05, 4.69) is 4.99 Å². The molecule has 1 saturated heterocycles. The van der Waals surface area contributed by atoms with Crippen molar-refractivity contribution in [2.24, 2.45) is 4.99 Å². The van der Waals surface area contributed by atoms with Gasteiger partial charge in [-0.25, -0.2) is 9.79 Å². The first-order valence-electron chi connectivity index (χ1n) is 5.79. The van der Waals surface area contributed by atoms with E-state index in [1.54, 1.807) is 13.2 Å². The molecule has 0 radical (unpaired) electrons. The molecule has 1 aliphatic heterocycles. The van der Waals surface area contributed by atoms with Gasteiger partial charge in [-0.1, -0.05) is 12.1 Å². The van der Waals surface area contributed by atoms with Crippen molar-refractivity contribution >= 4 is 17.8 Å². The van der Waals surface area contributed by atoms with E-state index in [1.807, 2.05) is 30.0 Å². The summed E-state index contributed by atoms with van der Waals surface area (Å²) in [5.74, 6) is 3.51. The molecule has 1 heterocycles. The van der Waals surface area contributed by atoms with Crippen LogP contribution in [0.5, 0.6) is 11.5 Å². The standard InChI is InChI=1S/C13H15NO3S/c1-16-12-4-2-3-10(7-14-9-15)13(12)17-11-5-6-18-8-11/h2-4,11H,5-8H2,1H3. The van der Waals surface area contributed by atoms with Crippen LogP contribution >= 0.6 is 11.8 Å². The van der Waals surface area contributed by atoms with E-state index in [4.69, 9.17) is 9.47 Å². The summed E-state index contributed by atoms with van der Waals surface area (Å²) < 4.78 is 11.3. The van der Waals surface area contributed by atoms with Gasteiger partial charge in [-0.3, -0.25) is 0 Å². The van der Waals surface area contributed by atoms with Crippen molar-refractivity contribution in [1.82, 2.24) is 0 Å². The van der Waals surface area contributed by atoms with E-state index in [1.165, 1.54) is 0 Å². The van der Waals surface area contributed by atoms with Crippen molar-refractivity contribution in [3.63, 3.8) is 0 Å². The van der Waals surface area contributed by atoms with E-state index in [-0.39, 0.29) is 12.6 Å². The summed E-state index contributed by atoms with van der Waals surface area (Å²) in [4.78, 5) is 13.8. The normalized spacial score (nSPS) is 18.2. The van der Waals surface area contributed by atoms with Crippen LogP contribution in [-0.4, -0.2) is 30.8 Å². The minimum atomic E-state index is 0.213. The van der Waals surface area contributed by atoms with E-state index in [0.717, 1.165) is 23.5 Å². The second-order valence-corrected chi connectivity index (χ2v) is 5.11. The molecule has 1 aromatic carbocycles. The second-order valence-electron chi connectivity index (χ2n) is 3.96. The molecule has 0 amide bonds. The molecule has 1 aliphatic rings. The summed E-state index contributed by atoms with van der Waals surface area (Å²) in [5, 5.41) is 0. The Kier molecular flexibility index (Phi) is 4.67. The Morgan fingerprint density at radius 1 is 1.56 bits per heavy atom. The Balaban J connectivity index is 2.24. The predicted octanol–water partition coefficient (Wildman–Crippen LogP) is 2.42. The van der Waals surface area contributed by atoms with Crippen LogP contribution in [0, 0.1) is 0 Å². The van der Waals surface area contributed by atoms with E-state index in [9.17, 15) is 4.79 Å². The van der Waals surface area contributed by atoms with Gasteiger partial charge in [0.1, 0.15) is 6.10 Å². The van der Waals surface area contributed by atoms with E-state index >= 15 is 0 Å². The van der Waals surface area contributed by atoms with Gasteiger partial charge in [0.25, 0.3) is 0 Å². The Morgan fingerprint density at radius 3 is 3.11 bits per heavy atom. The maximum Gasteiger partial charge on any atom is 0.235 e. The lowest BCUT2D eigenvalue weighted by atomic mass is 10.2. The second kappa shape index (κ2) is 6.47. The molecule has 18 heavy (non-hydrogen) atoms. The van der Waals surface area contributed by atoms with Crippen LogP contribution in [0.2, 0.25) is 0 Å². The molecule has 4 nitrogen and oxygen atoms in total. The molecular formula is C13H15NO3S. The molecule has 96 valence electrons. The Labute approximate surface area is 110 Å². The van der Waals surface area contributed by atoms with Crippen LogP contribution in [0.4, 0.5) is 0 Å². The zero-order valence-corrected chi connectivity index (χ0v) is 11.0. The van der Waals surface area contributed by atoms with Crippen molar-refractivity contribution in [1.29, 1.82) is 0 Å². The molecule has 2 rings (SSSR count). The summed E-state index contributed by atoms with van der Waals surface area (Å²) in [6.07, 6.45) is 2.80. The molecule has 1 unspecified atom stereocenters. The summed E-state index contributed by atoms with van der Waals surface area (Å²) >= 11 is 1.89. The number of methoxy groups -OCH3 is 1. The highest BCUT2D eigenvalue weighted by atomic mass is 32.2. The third-order valence-corrected chi connectivity index (χ3v) is 3.90. The van der Waals surface area contributed by atoms with Crippen LogP contribution in [0.1, 0.15) is 12.0 Å².